The minimum absolute atomic E-state index is 0.0218. The van der Waals surface area contributed by atoms with Gasteiger partial charge < -0.3 is 0 Å². The van der Waals surface area contributed by atoms with Crippen LogP contribution < -0.4 is 0 Å². The normalized spacial score (nSPS) is 19.8. The summed E-state index contributed by atoms with van der Waals surface area (Å²) in [6.07, 6.45) is 0.873. The maximum Gasteiger partial charge on any atom is 0.697 e. The summed E-state index contributed by atoms with van der Waals surface area (Å²) in [7, 11) is -0.511. The molecule has 0 spiro atoms. The first-order valence-electron chi connectivity index (χ1n) is 8.18. The Labute approximate surface area is 162 Å². The van der Waals surface area contributed by atoms with E-state index in [4.69, 9.17) is 4.52 Å². The largest absolute Gasteiger partial charge is 0.697 e. The summed E-state index contributed by atoms with van der Waals surface area (Å²) >= 11 is 6.25. The number of benzene rings is 1. The Morgan fingerprint density at radius 3 is 2.56 bits per heavy atom. The zero-order valence-corrected chi connectivity index (χ0v) is 18.1. The molecule has 1 aliphatic heterocycles. The minimum Gasteiger partial charge on any atom is -0.297 e. The van der Waals surface area contributed by atoms with Gasteiger partial charge in [-0.3, -0.25) is 4.31 Å². The summed E-state index contributed by atoms with van der Waals surface area (Å²) in [4.78, 5) is 4.59. The average molecular weight is 404 g/mol. The van der Waals surface area contributed by atoms with Crippen molar-refractivity contribution in [1.29, 1.82) is 0 Å². The number of nitrogens with zero attached hydrogens (tertiary/aromatic N) is 2. The molecule has 0 amide bonds. The Balaban J connectivity index is 0.000000299. The molecule has 0 aromatic heterocycles. The van der Waals surface area contributed by atoms with E-state index in [1.807, 2.05) is 48.5 Å². The van der Waals surface area contributed by atoms with Crippen LogP contribution in [0.3, 0.4) is 0 Å². The maximum absolute atomic E-state index is 10.5. The highest BCUT2D eigenvalue weighted by molar-refractivity contribution is 8.14. The third-order valence-corrected chi connectivity index (χ3v) is 6.15. The van der Waals surface area contributed by atoms with Gasteiger partial charge in [-0.1, -0.05) is 63.5 Å². The van der Waals surface area contributed by atoms with E-state index in [2.05, 4.69) is 36.2 Å². The molecule has 1 unspecified atom stereocenters. The first kappa shape index (κ1) is 22.5. The van der Waals surface area contributed by atoms with Crippen molar-refractivity contribution < 1.29 is 13.6 Å². The summed E-state index contributed by atoms with van der Waals surface area (Å²) in [5.41, 5.74) is 1.30. The Morgan fingerprint density at radius 1 is 1.40 bits per heavy atom. The van der Waals surface area contributed by atoms with Crippen LogP contribution >= 0.6 is 32.8 Å². The first-order chi connectivity index (χ1) is 11.8. The molecule has 0 radical (unpaired) electrons. The molecule has 5 nitrogen and oxygen atoms in total. The number of aliphatic imine (C=N–C) groups is 1. The minimum atomic E-state index is -1.87. The highest BCUT2D eigenvalue weighted by Crippen LogP contribution is 2.33. The van der Waals surface area contributed by atoms with Crippen molar-refractivity contribution in [1.82, 2.24) is 4.31 Å². The third kappa shape index (κ3) is 9.06. The summed E-state index contributed by atoms with van der Waals surface area (Å²) in [5.74, 6) is 1.09. The van der Waals surface area contributed by atoms with E-state index >= 15 is 0 Å². The van der Waals surface area contributed by atoms with Gasteiger partial charge in [-0.2, -0.15) is 0 Å². The molecular weight excluding hydrogens is 375 g/mol. The van der Waals surface area contributed by atoms with Crippen molar-refractivity contribution in [3.05, 3.63) is 30.3 Å². The molecular formula is C17H28N2O3PS2+. The number of amidine groups is 1. The van der Waals surface area contributed by atoms with Crippen molar-refractivity contribution in [3.8, 4) is 0 Å². The predicted octanol–water partition coefficient (Wildman–Crippen LogP) is 5.70. The lowest BCUT2D eigenvalue weighted by molar-refractivity contribution is 0.188. The Bertz CT molecular complexity index is 570. The van der Waals surface area contributed by atoms with Crippen molar-refractivity contribution in [2.24, 2.45) is 10.4 Å². The van der Waals surface area contributed by atoms with Crippen LogP contribution in [0.4, 0.5) is 5.69 Å². The molecule has 140 valence electrons. The number of rotatable bonds is 5. The van der Waals surface area contributed by atoms with Crippen LogP contribution in [0.2, 0.25) is 0 Å². The van der Waals surface area contributed by atoms with Crippen molar-refractivity contribution in [2.45, 2.75) is 40.2 Å². The SMILES string of the molecule is CC1(C)CSC(=Nc2ccccc2)N(S)C1.CC[C@H](C)O[P+](=O)OC. The molecule has 1 aliphatic rings. The molecule has 1 heterocycles. The molecule has 1 aromatic rings. The van der Waals surface area contributed by atoms with Crippen LogP contribution in [0, 0.1) is 5.41 Å². The van der Waals surface area contributed by atoms with Gasteiger partial charge in [0.2, 0.25) is 0 Å². The smallest absolute Gasteiger partial charge is 0.297 e. The first-order valence-corrected chi connectivity index (χ1v) is 10.7. The van der Waals surface area contributed by atoms with Gasteiger partial charge in [0.15, 0.2) is 5.17 Å². The van der Waals surface area contributed by atoms with Crippen LogP contribution in [0.1, 0.15) is 34.1 Å². The lowest BCUT2D eigenvalue weighted by atomic mass is 9.96. The van der Waals surface area contributed by atoms with Gasteiger partial charge in [0.25, 0.3) is 0 Å². The van der Waals surface area contributed by atoms with Gasteiger partial charge >= 0.3 is 8.25 Å². The zero-order valence-electron chi connectivity index (χ0n) is 15.5. The molecule has 2 rings (SSSR count). The molecule has 0 aliphatic carbocycles. The summed E-state index contributed by atoms with van der Waals surface area (Å²) in [6.45, 7) is 9.26. The Hall–Kier alpha value is -0.590. The second kappa shape index (κ2) is 11.2. The lowest BCUT2D eigenvalue weighted by Gasteiger charge is -2.35. The van der Waals surface area contributed by atoms with E-state index in [1.165, 1.54) is 7.11 Å². The maximum atomic E-state index is 10.5. The number of para-hydroxylation sites is 1. The molecule has 8 heteroatoms. The number of thiol groups is 1. The molecule has 0 bridgehead atoms. The Morgan fingerprint density at radius 2 is 2.04 bits per heavy atom. The number of thioether (sulfide) groups is 1. The molecule has 0 N–H and O–H groups in total. The fourth-order valence-corrected chi connectivity index (χ4v) is 3.95. The van der Waals surface area contributed by atoms with Crippen molar-refractivity contribution >= 4 is 43.7 Å². The number of hydrogen-bond acceptors (Lipinski definition) is 6. The molecule has 2 atom stereocenters. The van der Waals surface area contributed by atoms with Crippen LogP contribution in [-0.2, 0) is 13.6 Å². The van der Waals surface area contributed by atoms with E-state index in [1.54, 1.807) is 11.8 Å². The van der Waals surface area contributed by atoms with E-state index in [-0.39, 0.29) is 6.10 Å². The van der Waals surface area contributed by atoms with E-state index < -0.39 is 8.25 Å². The quantitative estimate of drug-likeness (QED) is 0.505. The summed E-state index contributed by atoms with van der Waals surface area (Å²) in [5, 5.41) is 0.994. The molecule has 1 saturated heterocycles. The highest BCUT2D eigenvalue weighted by atomic mass is 32.2. The van der Waals surface area contributed by atoms with Gasteiger partial charge in [0.05, 0.1) is 12.8 Å². The zero-order chi connectivity index (χ0) is 18.9. The van der Waals surface area contributed by atoms with Gasteiger partial charge in [-0.05, 0) is 30.9 Å². The van der Waals surface area contributed by atoms with Crippen molar-refractivity contribution in [2.75, 3.05) is 19.4 Å². The van der Waals surface area contributed by atoms with E-state index in [9.17, 15) is 4.57 Å². The van der Waals surface area contributed by atoms with E-state index in [0.29, 0.717) is 5.41 Å². The topological polar surface area (TPSA) is 51.1 Å². The molecule has 1 fully saturated rings. The van der Waals surface area contributed by atoms with Crippen molar-refractivity contribution in [3.63, 3.8) is 0 Å². The van der Waals surface area contributed by atoms with Crippen LogP contribution in [0.25, 0.3) is 0 Å². The van der Waals surface area contributed by atoms with Crippen LogP contribution in [0.5, 0.6) is 0 Å². The lowest BCUT2D eigenvalue weighted by Crippen LogP contribution is -2.38. The summed E-state index contributed by atoms with van der Waals surface area (Å²) < 4.78 is 21.7. The highest BCUT2D eigenvalue weighted by Gasteiger charge is 2.29. The predicted molar refractivity (Wildman–Crippen MR) is 111 cm³/mol. The molecule has 25 heavy (non-hydrogen) atoms. The monoisotopic (exact) mass is 403 g/mol. The standard InChI is InChI=1S/C12H16N2S2.C5H12O3P/c1-12(2)8-14(15)11(16-9-12)13-10-6-4-3-5-7-10;1-4-5(2)8-9(6)7-3/h3-7,15H,8-9H2,1-2H3;5H,4H2,1-3H3/q;+1/t;5-/m.0/s1. The van der Waals surface area contributed by atoms with Gasteiger partial charge in [0.1, 0.15) is 6.10 Å². The average Bonchev–Trinajstić information content (AvgIpc) is 2.58. The molecule has 1 aromatic carbocycles. The number of hydrogen-bond donors (Lipinski definition) is 1. The van der Waals surface area contributed by atoms with Gasteiger partial charge in [0, 0.05) is 16.9 Å². The molecule has 0 saturated carbocycles. The fourth-order valence-electron chi connectivity index (χ4n) is 1.82. The fraction of sp³-hybridized carbons (Fsp3) is 0.588. The van der Waals surface area contributed by atoms with Crippen LogP contribution in [0.15, 0.2) is 35.3 Å². The van der Waals surface area contributed by atoms with Crippen LogP contribution in [-0.4, -0.2) is 35.0 Å². The Kier molecular flexibility index (Phi) is 10.1. The second-order valence-corrected chi connectivity index (χ2v) is 8.92. The van der Waals surface area contributed by atoms with Gasteiger partial charge in [-0.15, -0.1) is 9.05 Å². The second-order valence-electron chi connectivity index (χ2n) is 6.47. The third-order valence-electron chi connectivity index (χ3n) is 3.36. The van der Waals surface area contributed by atoms with Gasteiger partial charge in [-0.25, -0.2) is 4.99 Å². The summed E-state index contributed by atoms with van der Waals surface area (Å²) in [6, 6.07) is 10.0. The van der Waals surface area contributed by atoms with E-state index in [0.717, 1.165) is 29.6 Å².